The molecule has 0 bridgehead atoms. The van der Waals surface area contributed by atoms with Crippen LogP contribution < -0.4 is 20.7 Å². The summed E-state index contributed by atoms with van der Waals surface area (Å²) in [6, 6.07) is 7.27. The molecule has 0 aliphatic carbocycles. The van der Waals surface area contributed by atoms with Crippen LogP contribution >= 0.6 is 0 Å². The Kier molecular flexibility index (Phi) is 5.83. The largest absolute Gasteiger partial charge is 0.497 e. The molecule has 0 saturated carbocycles. The highest BCUT2D eigenvalue weighted by Gasteiger charge is 2.35. The maximum atomic E-state index is 12.4. The van der Waals surface area contributed by atoms with Crippen molar-refractivity contribution in [1.29, 1.82) is 0 Å². The maximum Gasteiger partial charge on any atom is 0.227 e. The van der Waals surface area contributed by atoms with E-state index in [1.165, 1.54) is 0 Å². The number of methoxy groups -OCH3 is 1. The Morgan fingerprint density at radius 2 is 1.96 bits per heavy atom. The monoisotopic (exact) mass is 333 g/mol. The molecule has 24 heavy (non-hydrogen) atoms. The molecule has 1 saturated heterocycles. The SMILES string of the molecule is CCC(N)(CC)CNC(=O)C1CC(=O)N(c2ccc(OC)cc2)C1. The maximum absolute atomic E-state index is 12.4. The van der Waals surface area contributed by atoms with Crippen LogP contribution in [-0.4, -0.2) is 37.6 Å². The van der Waals surface area contributed by atoms with E-state index in [4.69, 9.17) is 10.5 Å². The first-order valence-corrected chi connectivity index (χ1v) is 8.43. The molecular formula is C18H27N3O3. The second-order valence-corrected chi connectivity index (χ2v) is 6.39. The van der Waals surface area contributed by atoms with Crippen molar-refractivity contribution in [2.24, 2.45) is 11.7 Å². The van der Waals surface area contributed by atoms with Gasteiger partial charge in [0.1, 0.15) is 5.75 Å². The lowest BCUT2D eigenvalue weighted by atomic mass is 9.94. The van der Waals surface area contributed by atoms with Gasteiger partial charge in [-0.2, -0.15) is 0 Å². The van der Waals surface area contributed by atoms with E-state index < -0.39 is 0 Å². The summed E-state index contributed by atoms with van der Waals surface area (Å²) in [5.74, 6) is 0.261. The van der Waals surface area contributed by atoms with Gasteiger partial charge in [0.15, 0.2) is 0 Å². The highest BCUT2D eigenvalue weighted by atomic mass is 16.5. The summed E-state index contributed by atoms with van der Waals surface area (Å²) in [5, 5.41) is 2.92. The number of ether oxygens (including phenoxy) is 1. The Morgan fingerprint density at radius 1 is 1.33 bits per heavy atom. The zero-order valence-electron chi connectivity index (χ0n) is 14.7. The molecule has 1 aliphatic heterocycles. The fourth-order valence-electron chi connectivity index (χ4n) is 2.80. The molecule has 1 aliphatic rings. The van der Waals surface area contributed by atoms with Crippen LogP contribution in [0.2, 0.25) is 0 Å². The first-order valence-electron chi connectivity index (χ1n) is 8.43. The van der Waals surface area contributed by atoms with E-state index in [9.17, 15) is 9.59 Å². The zero-order chi connectivity index (χ0) is 17.7. The van der Waals surface area contributed by atoms with Crippen molar-refractivity contribution in [2.75, 3.05) is 25.1 Å². The average Bonchev–Trinajstić information content (AvgIpc) is 3.01. The number of carbonyl (C=O) groups excluding carboxylic acids is 2. The van der Waals surface area contributed by atoms with Crippen molar-refractivity contribution in [3.63, 3.8) is 0 Å². The van der Waals surface area contributed by atoms with Crippen molar-refractivity contribution in [1.82, 2.24) is 5.32 Å². The smallest absolute Gasteiger partial charge is 0.227 e. The molecule has 0 aromatic heterocycles. The second kappa shape index (κ2) is 7.66. The molecule has 1 unspecified atom stereocenters. The van der Waals surface area contributed by atoms with Crippen molar-refractivity contribution in [2.45, 2.75) is 38.6 Å². The molecular weight excluding hydrogens is 306 g/mol. The van der Waals surface area contributed by atoms with Crippen LogP contribution in [0.4, 0.5) is 5.69 Å². The highest BCUT2D eigenvalue weighted by Crippen LogP contribution is 2.27. The topological polar surface area (TPSA) is 84.7 Å². The summed E-state index contributed by atoms with van der Waals surface area (Å²) in [6.07, 6.45) is 1.82. The van der Waals surface area contributed by atoms with Crippen LogP contribution in [0.3, 0.4) is 0 Å². The molecule has 0 radical (unpaired) electrons. The Morgan fingerprint density at radius 3 is 2.50 bits per heavy atom. The molecule has 3 N–H and O–H groups in total. The first-order chi connectivity index (χ1) is 11.4. The lowest BCUT2D eigenvalue weighted by Gasteiger charge is -2.27. The predicted octanol–water partition coefficient (Wildman–Crippen LogP) is 1.68. The number of anilines is 1. The number of benzene rings is 1. The van der Waals surface area contributed by atoms with Gasteiger partial charge in [-0.15, -0.1) is 0 Å². The van der Waals surface area contributed by atoms with Crippen LogP contribution in [-0.2, 0) is 9.59 Å². The predicted molar refractivity (Wildman–Crippen MR) is 94.0 cm³/mol. The molecule has 2 rings (SSSR count). The quantitative estimate of drug-likeness (QED) is 0.795. The lowest BCUT2D eigenvalue weighted by molar-refractivity contribution is -0.126. The molecule has 1 aromatic rings. The van der Waals surface area contributed by atoms with Crippen LogP contribution in [0.25, 0.3) is 0 Å². The van der Waals surface area contributed by atoms with E-state index in [1.807, 2.05) is 26.0 Å². The standard InChI is InChI=1S/C18H27N3O3/c1-4-18(19,5-2)12-20-17(23)13-10-16(22)21(11-13)14-6-8-15(24-3)9-7-14/h6-9,13H,4-5,10-12,19H2,1-3H3,(H,20,23). The number of carbonyl (C=O) groups is 2. The van der Waals surface area contributed by atoms with E-state index >= 15 is 0 Å². The third-order valence-corrected chi connectivity index (χ3v) is 4.90. The molecule has 1 aromatic carbocycles. The van der Waals surface area contributed by atoms with E-state index in [2.05, 4.69) is 5.32 Å². The third-order valence-electron chi connectivity index (χ3n) is 4.90. The van der Waals surface area contributed by atoms with Gasteiger partial charge in [0.2, 0.25) is 11.8 Å². The van der Waals surface area contributed by atoms with E-state index in [0.29, 0.717) is 13.1 Å². The first kappa shape index (κ1) is 18.3. The van der Waals surface area contributed by atoms with Crippen molar-refractivity contribution >= 4 is 17.5 Å². The Hall–Kier alpha value is -2.08. The highest BCUT2D eigenvalue weighted by molar-refractivity contribution is 6.00. The molecule has 1 fully saturated rings. The van der Waals surface area contributed by atoms with Gasteiger partial charge in [0.25, 0.3) is 0 Å². The van der Waals surface area contributed by atoms with Gasteiger partial charge < -0.3 is 20.7 Å². The van der Waals surface area contributed by atoms with Gasteiger partial charge in [-0.25, -0.2) is 0 Å². The lowest BCUT2D eigenvalue weighted by Crippen LogP contribution is -2.50. The van der Waals surface area contributed by atoms with Crippen molar-refractivity contribution < 1.29 is 14.3 Å². The van der Waals surface area contributed by atoms with Crippen molar-refractivity contribution in [3.8, 4) is 5.75 Å². The zero-order valence-corrected chi connectivity index (χ0v) is 14.7. The molecule has 0 spiro atoms. The number of nitrogens with zero attached hydrogens (tertiary/aromatic N) is 1. The summed E-state index contributed by atoms with van der Waals surface area (Å²) < 4.78 is 5.12. The second-order valence-electron chi connectivity index (χ2n) is 6.39. The Labute approximate surface area is 143 Å². The van der Waals surface area contributed by atoms with Gasteiger partial charge in [-0.1, -0.05) is 13.8 Å². The minimum absolute atomic E-state index is 0.0367. The van der Waals surface area contributed by atoms with Crippen molar-refractivity contribution in [3.05, 3.63) is 24.3 Å². The Balaban J connectivity index is 1.97. The molecule has 2 amide bonds. The number of hydrogen-bond donors (Lipinski definition) is 2. The van der Waals surface area contributed by atoms with Gasteiger partial charge in [0.05, 0.1) is 13.0 Å². The van der Waals surface area contributed by atoms with Crippen LogP contribution in [0, 0.1) is 5.92 Å². The summed E-state index contributed by atoms with van der Waals surface area (Å²) in [6.45, 7) is 4.86. The number of rotatable bonds is 7. The number of nitrogens with one attached hydrogen (secondary N) is 1. The van der Waals surface area contributed by atoms with Crippen LogP contribution in [0.15, 0.2) is 24.3 Å². The van der Waals surface area contributed by atoms with Gasteiger partial charge in [-0.3, -0.25) is 9.59 Å². The minimum Gasteiger partial charge on any atom is -0.497 e. The Bertz CT molecular complexity index is 582. The molecule has 1 atom stereocenters. The fourth-order valence-corrected chi connectivity index (χ4v) is 2.80. The average molecular weight is 333 g/mol. The van der Waals surface area contributed by atoms with Gasteiger partial charge in [-0.05, 0) is 37.1 Å². The summed E-state index contributed by atoms with van der Waals surface area (Å²) >= 11 is 0. The molecule has 6 nitrogen and oxygen atoms in total. The van der Waals surface area contributed by atoms with E-state index in [-0.39, 0.29) is 29.7 Å². The summed E-state index contributed by atoms with van der Waals surface area (Å²) in [5.41, 5.74) is 6.62. The normalized spacial score (nSPS) is 17.9. The number of nitrogens with two attached hydrogens (primary N) is 1. The number of amides is 2. The fraction of sp³-hybridized carbons (Fsp3) is 0.556. The summed E-state index contributed by atoms with van der Waals surface area (Å²) in [4.78, 5) is 26.3. The van der Waals surface area contributed by atoms with Gasteiger partial charge in [0, 0.05) is 30.7 Å². The molecule has 1 heterocycles. The molecule has 6 heteroatoms. The third kappa shape index (κ3) is 4.06. The minimum atomic E-state index is -0.381. The van der Waals surface area contributed by atoms with Crippen LogP contribution in [0.1, 0.15) is 33.1 Å². The van der Waals surface area contributed by atoms with Gasteiger partial charge >= 0.3 is 0 Å². The summed E-state index contributed by atoms with van der Waals surface area (Å²) in [7, 11) is 1.60. The van der Waals surface area contributed by atoms with E-state index in [0.717, 1.165) is 24.3 Å². The number of hydrogen-bond acceptors (Lipinski definition) is 4. The molecule has 132 valence electrons. The van der Waals surface area contributed by atoms with Crippen LogP contribution in [0.5, 0.6) is 5.75 Å². The van der Waals surface area contributed by atoms with E-state index in [1.54, 1.807) is 24.1 Å².